The number of hydrogen-bond acceptors (Lipinski definition) is 3. The predicted molar refractivity (Wildman–Crippen MR) is 78.4 cm³/mol. The molecule has 1 aromatic rings. The molecule has 1 N–H and O–H groups in total. The van der Waals surface area contributed by atoms with Gasteiger partial charge in [-0.15, -0.1) is 0 Å². The molecule has 4 heteroatoms. The molecule has 19 heavy (non-hydrogen) atoms. The minimum absolute atomic E-state index is 0.211. The van der Waals surface area contributed by atoms with Crippen LogP contribution >= 0.6 is 0 Å². The molecule has 0 bridgehead atoms. The SMILES string of the molecule is CNCC(=O)N1CCC(N(C)c2ccccc2)CC1. The molecule has 0 atom stereocenters. The molecule has 1 aliphatic heterocycles. The number of benzene rings is 1. The summed E-state index contributed by atoms with van der Waals surface area (Å²) in [5, 5.41) is 2.92. The molecule has 104 valence electrons. The molecule has 0 spiro atoms. The van der Waals surface area contributed by atoms with E-state index in [1.54, 1.807) is 0 Å². The van der Waals surface area contributed by atoms with Gasteiger partial charge in [-0.1, -0.05) is 18.2 Å². The third-order valence-electron chi connectivity index (χ3n) is 3.86. The highest BCUT2D eigenvalue weighted by molar-refractivity contribution is 5.78. The molecule has 1 aromatic carbocycles. The first-order valence-corrected chi connectivity index (χ1v) is 6.92. The molecular weight excluding hydrogens is 238 g/mol. The van der Waals surface area contributed by atoms with E-state index in [4.69, 9.17) is 0 Å². The van der Waals surface area contributed by atoms with Gasteiger partial charge < -0.3 is 15.1 Å². The minimum atomic E-state index is 0.211. The van der Waals surface area contributed by atoms with E-state index in [-0.39, 0.29) is 5.91 Å². The standard InChI is InChI=1S/C15H23N3O/c1-16-12-15(19)18-10-8-14(9-11-18)17(2)13-6-4-3-5-7-13/h3-7,14,16H,8-12H2,1-2H3. The predicted octanol–water partition coefficient (Wildman–Crippen LogP) is 1.33. The monoisotopic (exact) mass is 261 g/mol. The Morgan fingerprint density at radius 2 is 1.95 bits per heavy atom. The first-order valence-electron chi connectivity index (χ1n) is 6.92. The van der Waals surface area contributed by atoms with Crippen LogP contribution in [-0.2, 0) is 4.79 Å². The van der Waals surface area contributed by atoms with Crippen LogP contribution in [0.15, 0.2) is 30.3 Å². The van der Waals surface area contributed by atoms with Gasteiger partial charge in [-0.2, -0.15) is 0 Å². The molecule has 0 unspecified atom stereocenters. The van der Waals surface area contributed by atoms with E-state index in [9.17, 15) is 4.79 Å². The Morgan fingerprint density at radius 1 is 1.32 bits per heavy atom. The van der Waals surface area contributed by atoms with Crippen LogP contribution in [-0.4, -0.2) is 50.6 Å². The van der Waals surface area contributed by atoms with Crippen LogP contribution in [0.1, 0.15) is 12.8 Å². The van der Waals surface area contributed by atoms with Crippen LogP contribution in [0.5, 0.6) is 0 Å². The maximum absolute atomic E-state index is 11.8. The van der Waals surface area contributed by atoms with E-state index in [2.05, 4.69) is 41.5 Å². The van der Waals surface area contributed by atoms with Crippen molar-refractivity contribution in [3.05, 3.63) is 30.3 Å². The van der Waals surface area contributed by atoms with Gasteiger partial charge in [0.2, 0.25) is 5.91 Å². The van der Waals surface area contributed by atoms with E-state index in [0.717, 1.165) is 25.9 Å². The largest absolute Gasteiger partial charge is 0.371 e. The third kappa shape index (κ3) is 3.47. The normalized spacial score (nSPS) is 16.4. The lowest BCUT2D eigenvalue weighted by atomic mass is 10.0. The molecular formula is C15H23N3O. The Kier molecular flexibility index (Phi) is 4.80. The number of para-hydroxylation sites is 1. The number of likely N-dealkylation sites (N-methyl/N-ethyl adjacent to an activating group) is 1. The summed E-state index contributed by atoms with van der Waals surface area (Å²) in [4.78, 5) is 16.1. The van der Waals surface area contributed by atoms with Crippen molar-refractivity contribution in [1.29, 1.82) is 0 Å². The summed E-state index contributed by atoms with van der Waals surface area (Å²) in [6, 6.07) is 11.0. The quantitative estimate of drug-likeness (QED) is 0.888. The van der Waals surface area contributed by atoms with Crippen molar-refractivity contribution in [3.8, 4) is 0 Å². The molecule has 1 amide bonds. The van der Waals surface area contributed by atoms with Gasteiger partial charge in [0.1, 0.15) is 0 Å². The van der Waals surface area contributed by atoms with Crippen molar-refractivity contribution in [3.63, 3.8) is 0 Å². The van der Waals surface area contributed by atoms with Crippen LogP contribution in [0.25, 0.3) is 0 Å². The van der Waals surface area contributed by atoms with Crippen molar-refractivity contribution in [2.45, 2.75) is 18.9 Å². The van der Waals surface area contributed by atoms with Crippen molar-refractivity contribution >= 4 is 11.6 Å². The Hall–Kier alpha value is -1.55. The van der Waals surface area contributed by atoms with Crippen LogP contribution in [0.3, 0.4) is 0 Å². The maximum Gasteiger partial charge on any atom is 0.236 e. The molecule has 0 aliphatic carbocycles. The lowest BCUT2D eigenvalue weighted by Crippen LogP contribution is -2.47. The number of anilines is 1. The highest BCUT2D eigenvalue weighted by Crippen LogP contribution is 2.21. The van der Waals surface area contributed by atoms with Crippen LogP contribution < -0.4 is 10.2 Å². The van der Waals surface area contributed by atoms with Crippen molar-refractivity contribution < 1.29 is 4.79 Å². The number of piperidine rings is 1. The molecule has 0 radical (unpaired) electrons. The van der Waals surface area contributed by atoms with Crippen molar-refractivity contribution in [1.82, 2.24) is 10.2 Å². The Labute approximate surface area is 115 Å². The Bertz CT molecular complexity index is 399. The molecule has 1 heterocycles. The number of nitrogens with one attached hydrogen (secondary N) is 1. The molecule has 0 saturated carbocycles. The molecule has 1 fully saturated rings. The summed E-state index contributed by atoms with van der Waals surface area (Å²) in [5.74, 6) is 0.211. The molecule has 1 saturated heterocycles. The zero-order valence-corrected chi connectivity index (χ0v) is 11.8. The minimum Gasteiger partial charge on any atom is -0.371 e. The molecule has 2 rings (SSSR count). The summed E-state index contributed by atoms with van der Waals surface area (Å²) in [5.41, 5.74) is 1.25. The summed E-state index contributed by atoms with van der Waals surface area (Å²) >= 11 is 0. The summed E-state index contributed by atoms with van der Waals surface area (Å²) in [6.45, 7) is 2.17. The number of rotatable bonds is 4. The third-order valence-corrected chi connectivity index (χ3v) is 3.86. The van der Waals surface area contributed by atoms with Gasteiger partial charge in [0.15, 0.2) is 0 Å². The van der Waals surface area contributed by atoms with E-state index < -0.39 is 0 Å². The van der Waals surface area contributed by atoms with E-state index in [1.807, 2.05) is 18.0 Å². The fraction of sp³-hybridized carbons (Fsp3) is 0.533. The number of likely N-dealkylation sites (tertiary alicyclic amines) is 1. The first-order chi connectivity index (χ1) is 9.22. The van der Waals surface area contributed by atoms with Gasteiger partial charge in [-0.3, -0.25) is 4.79 Å². The second kappa shape index (κ2) is 6.57. The lowest BCUT2D eigenvalue weighted by Gasteiger charge is -2.37. The Morgan fingerprint density at radius 3 is 2.53 bits per heavy atom. The van der Waals surface area contributed by atoms with Gasteiger partial charge in [0.25, 0.3) is 0 Å². The first kappa shape index (κ1) is 13.9. The topological polar surface area (TPSA) is 35.6 Å². The fourth-order valence-electron chi connectivity index (χ4n) is 2.64. The van der Waals surface area contributed by atoms with Gasteiger partial charge >= 0.3 is 0 Å². The van der Waals surface area contributed by atoms with Gasteiger partial charge in [-0.05, 0) is 32.0 Å². The number of hydrogen-bond donors (Lipinski definition) is 1. The fourth-order valence-corrected chi connectivity index (χ4v) is 2.64. The number of nitrogens with zero attached hydrogens (tertiary/aromatic N) is 2. The smallest absolute Gasteiger partial charge is 0.236 e. The van der Waals surface area contributed by atoms with E-state index in [1.165, 1.54) is 5.69 Å². The van der Waals surface area contributed by atoms with Gasteiger partial charge in [0, 0.05) is 31.9 Å². The van der Waals surface area contributed by atoms with Crippen LogP contribution in [0.4, 0.5) is 5.69 Å². The van der Waals surface area contributed by atoms with Gasteiger partial charge in [-0.25, -0.2) is 0 Å². The second-order valence-electron chi connectivity index (χ2n) is 5.09. The molecule has 4 nitrogen and oxygen atoms in total. The van der Waals surface area contributed by atoms with Crippen LogP contribution in [0.2, 0.25) is 0 Å². The zero-order chi connectivity index (χ0) is 13.7. The summed E-state index contributed by atoms with van der Waals surface area (Å²) in [7, 11) is 3.96. The second-order valence-corrected chi connectivity index (χ2v) is 5.09. The van der Waals surface area contributed by atoms with Crippen molar-refractivity contribution in [2.75, 3.05) is 38.6 Å². The number of amides is 1. The summed E-state index contributed by atoms with van der Waals surface area (Å²) < 4.78 is 0. The molecule has 1 aliphatic rings. The highest BCUT2D eigenvalue weighted by atomic mass is 16.2. The Balaban J connectivity index is 1.88. The summed E-state index contributed by atoms with van der Waals surface area (Å²) in [6.07, 6.45) is 2.09. The van der Waals surface area contributed by atoms with E-state index >= 15 is 0 Å². The van der Waals surface area contributed by atoms with Crippen LogP contribution in [0, 0.1) is 0 Å². The van der Waals surface area contributed by atoms with Gasteiger partial charge in [0.05, 0.1) is 6.54 Å². The van der Waals surface area contributed by atoms with Crippen molar-refractivity contribution in [2.24, 2.45) is 0 Å². The number of carbonyl (C=O) groups excluding carboxylic acids is 1. The average molecular weight is 261 g/mol. The zero-order valence-electron chi connectivity index (χ0n) is 11.8. The highest BCUT2D eigenvalue weighted by Gasteiger charge is 2.24. The number of carbonyl (C=O) groups is 1. The average Bonchev–Trinajstić information content (AvgIpc) is 2.48. The lowest BCUT2D eigenvalue weighted by molar-refractivity contribution is -0.131. The maximum atomic E-state index is 11.8. The van der Waals surface area contributed by atoms with E-state index in [0.29, 0.717) is 12.6 Å². The molecule has 0 aromatic heterocycles.